The van der Waals surface area contributed by atoms with Crippen LogP contribution >= 0.6 is 0 Å². The fourth-order valence-corrected chi connectivity index (χ4v) is 2.27. The first-order chi connectivity index (χ1) is 9.43. The average molecular weight is 278 g/mol. The van der Waals surface area contributed by atoms with Crippen molar-refractivity contribution in [1.82, 2.24) is 9.80 Å². The molecule has 0 aromatic heterocycles. The van der Waals surface area contributed by atoms with E-state index < -0.39 is 6.10 Å². The van der Waals surface area contributed by atoms with E-state index in [1.165, 1.54) is 11.1 Å². The van der Waals surface area contributed by atoms with Crippen LogP contribution in [0.3, 0.4) is 0 Å². The van der Waals surface area contributed by atoms with Crippen molar-refractivity contribution < 1.29 is 5.11 Å². The van der Waals surface area contributed by atoms with Crippen LogP contribution in [0.2, 0.25) is 0 Å². The van der Waals surface area contributed by atoms with Gasteiger partial charge in [-0.25, -0.2) is 0 Å². The van der Waals surface area contributed by atoms with Crippen molar-refractivity contribution in [1.29, 1.82) is 0 Å². The number of aliphatic hydroxyl groups is 1. The van der Waals surface area contributed by atoms with Gasteiger partial charge in [-0.2, -0.15) is 0 Å². The molecule has 3 heteroatoms. The molecule has 0 spiro atoms. The number of nitrogens with zero attached hydrogens (tertiary/aromatic N) is 2. The van der Waals surface area contributed by atoms with Crippen LogP contribution in [0.4, 0.5) is 0 Å². The third-order valence-corrected chi connectivity index (χ3v) is 3.75. The van der Waals surface area contributed by atoms with Crippen molar-refractivity contribution >= 4 is 0 Å². The zero-order chi connectivity index (χ0) is 15.1. The Labute approximate surface area is 124 Å². The Kier molecular flexibility index (Phi) is 7.20. The smallest absolute Gasteiger partial charge is 0.0917 e. The monoisotopic (exact) mass is 278 g/mol. The van der Waals surface area contributed by atoms with Crippen LogP contribution in [-0.4, -0.2) is 55.2 Å². The standard InChI is InChI=1S/C17H30N2O/c1-6-9-19(11-10-18(4)5)13-17(20)16-8-7-14(2)15(3)12-16/h7-8,12,17,20H,6,9-11,13H2,1-5H3. The topological polar surface area (TPSA) is 26.7 Å². The van der Waals surface area contributed by atoms with Crippen LogP contribution < -0.4 is 0 Å². The summed E-state index contributed by atoms with van der Waals surface area (Å²) in [5.41, 5.74) is 3.55. The normalized spacial score (nSPS) is 13.2. The number of hydrogen-bond acceptors (Lipinski definition) is 3. The molecule has 0 bridgehead atoms. The Morgan fingerprint density at radius 1 is 1.05 bits per heavy atom. The van der Waals surface area contributed by atoms with E-state index in [0.717, 1.165) is 31.6 Å². The van der Waals surface area contributed by atoms with Gasteiger partial charge in [-0.05, 0) is 57.6 Å². The molecule has 0 aliphatic rings. The molecule has 1 atom stereocenters. The summed E-state index contributed by atoms with van der Waals surface area (Å²) in [6.45, 7) is 10.2. The molecule has 0 aliphatic heterocycles. The van der Waals surface area contributed by atoms with Crippen molar-refractivity contribution in [2.75, 3.05) is 40.3 Å². The van der Waals surface area contributed by atoms with Crippen LogP contribution in [0.25, 0.3) is 0 Å². The maximum Gasteiger partial charge on any atom is 0.0917 e. The van der Waals surface area contributed by atoms with Gasteiger partial charge in [0.25, 0.3) is 0 Å². The summed E-state index contributed by atoms with van der Waals surface area (Å²) in [4.78, 5) is 4.53. The molecular weight excluding hydrogens is 248 g/mol. The van der Waals surface area contributed by atoms with Gasteiger partial charge in [0, 0.05) is 19.6 Å². The predicted octanol–water partition coefficient (Wildman–Crippen LogP) is 2.61. The van der Waals surface area contributed by atoms with Crippen LogP contribution in [0.15, 0.2) is 18.2 Å². The minimum Gasteiger partial charge on any atom is -0.387 e. The van der Waals surface area contributed by atoms with Gasteiger partial charge in [0.05, 0.1) is 6.10 Å². The average Bonchev–Trinajstić information content (AvgIpc) is 2.39. The maximum absolute atomic E-state index is 10.4. The third kappa shape index (κ3) is 5.61. The quantitative estimate of drug-likeness (QED) is 0.792. The van der Waals surface area contributed by atoms with Crippen molar-refractivity contribution in [2.24, 2.45) is 0 Å². The Hall–Kier alpha value is -0.900. The largest absolute Gasteiger partial charge is 0.387 e. The van der Waals surface area contributed by atoms with Crippen molar-refractivity contribution in [3.63, 3.8) is 0 Å². The van der Waals surface area contributed by atoms with E-state index in [9.17, 15) is 5.11 Å². The van der Waals surface area contributed by atoms with E-state index in [0.29, 0.717) is 6.54 Å². The molecule has 0 heterocycles. The number of likely N-dealkylation sites (N-methyl/N-ethyl adjacent to an activating group) is 1. The molecule has 1 N–H and O–H groups in total. The van der Waals surface area contributed by atoms with Gasteiger partial charge in [0.2, 0.25) is 0 Å². The van der Waals surface area contributed by atoms with Crippen LogP contribution in [0.5, 0.6) is 0 Å². The number of benzene rings is 1. The zero-order valence-corrected chi connectivity index (χ0v) is 13.7. The molecular formula is C17H30N2O. The highest BCUT2D eigenvalue weighted by Crippen LogP contribution is 2.18. The maximum atomic E-state index is 10.4. The summed E-state index contributed by atoms with van der Waals surface area (Å²) in [5, 5.41) is 10.4. The third-order valence-electron chi connectivity index (χ3n) is 3.75. The zero-order valence-electron chi connectivity index (χ0n) is 13.7. The Morgan fingerprint density at radius 3 is 2.30 bits per heavy atom. The fourth-order valence-electron chi connectivity index (χ4n) is 2.27. The second-order valence-corrected chi connectivity index (χ2v) is 5.96. The van der Waals surface area contributed by atoms with Crippen LogP contribution in [0, 0.1) is 13.8 Å². The molecule has 1 rings (SSSR count). The molecule has 1 aromatic carbocycles. The molecule has 1 unspecified atom stereocenters. The Morgan fingerprint density at radius 2 is 1.75 bits per heavy atom. The Balaban J connectivity index is 2.63. The second kappa shape index (κ2) is 8.40. The van der Waals surface area contributed by atoms with Gasteiger partial charge in [-0.1, -0.05) is 25.1 Å². The van der Waals surface area contributed by atoms with Gasteiger partial charge in [-0.15, -0.1) is 0 Å². The van der Waals surface area contributed by atoms with E-state index in [1.54, 1.807) is 0 Å². The highest BCUT2D eigenvalue weighted by molar-refractivity contribution is 5.31. The minimum absolute atomic E-state index is 0.400. The summed E-state index contributed by atoms with van der Waals surface area (Å²) in [7, 11) is 4.17. The number of rotatable bonds is 8. The van der Waals surface area contributed by atoms with Crippen molar-refractivity contribution in [3.8, 4) is 0 Å². The first-order valence-corrected chi connectivity index (χ1v) is 7.56. The van der Waals surface area contributed by atoms with E-state index >= 15 is 0 Å². The van der Waals surface area contributed by atoms with Gasteiger partial charge in [-0.3, -0.25) is 4.90 Å². The summed E-state index contributed by atoms with van der Waals surface area (Å²) in [6.07, 6.45) is 0.718. The summed E-state index contributed by atoms with van der Waals surface area (Å²) >= 11 is 0. The van der Waals surface area contributed by atoms with Crippen molar-refractivity contribution in [2.45, 2.75) is 33.3 Å². The molecule has 0 radical (unpaired) electrons. The lowest BCUT2D eigenvalue weighted by Gasteiger charge is -2.26. The van der Waals surface area contributed by atoms with Gasteiger partial charge < -0.3 is 10.0 Å². The molecule has 0 aliphatic carbocycles. The lowest BCUT2D eigenvalue weighted by molar-refractivity contribution is 0.108. The lowest BCUT2D eigenvalue weighted by Crippen LogP contribution is -2.35. The molecule has 20 heavy (non-hydrogen) atoms. The summed E-state index contributed by atoms with van der Waals surface area (Å²) < 4.78 is 0. The minimum atomic E-state index is -0.400. The number of aliphatic hydroxyl groups excluding tert-OH is 1. The van der Waals surface area contributed by atoms with E-state index in [4.69, 9.17) is 0 Å². The predicted molar refractivity (Wildman–Crippen MR) is 86.2 cm³/mol. The van der Waals surface area contributed by atoms with E-state index in [2.05, 4.69) is 56.8 Å². The lowest BCUT2D eigenvalue weighted by atomic mass is 10.0. The molecule has 0 amide bonds. The highest BCUT2D eigenvalue weighted by atomic mass is 16.3. The second-order valence-electron chi connectivity index (χ2n) is 5.96. The molecule has 0 fully saturated rings. The molecule has 3 nitrogen and oxygen atoms in total. The highest BCUT2D eigenvalue weighted by Gasteiger charge is 2.13. The van der Waals surface area contributed by atoms with Gasteiger partial charge in [0.15, 0.2) is 0 Å². The fraction of sp³-hybridized carbons (Fsp3) is 0.647. The first kappa shape index (κ1) is 17.2. The van der Waals surface area contributed by atoms with Crippen LogP contribution in [-0.2, 0) is 0 Å². The van der Waals surface area contributed by atoms with Crippen LogP contribution in [0.1, 0.15) is 36.1 Å². The molecule has 114 valence electrons. The first-order valence-electron chi connectivity index (χ1n) is 7.56. The summed E-state index contributed by atoms with van der Waals surface area (Å²) in [5.74, 6) is 0. The van der Waals surface area contributed by atoms with Gasteiger partial charge in [0.1, 0.15) is 0 Å². The summed E-state index contributed by atoms with van der Waals surface area (Å²) in [6, 6.07) is 6.25. The van der Waals surface area contributed by atoms with E-state index in [-0.39, 0.29) is 0 Å². The number of aryl methyl sites for hydroxylation is 2. The van der Waals surface area contributed by atoms with E-state index in [1.807, 2.05) is 6.07 Å². The SMILES string of the molecule is CCCN(CCN(C)C)CC(O)c1ccc(C)c(C)c1. The molecule has 0 saturated heterocycles. The molecule has 0 saturated carbocycles. The number of hydrogen-bond donors (Lipinski definition) is 1. The van der Waals surface area contributed by atoms with Crippen molar-refractivity contribution in [3.05, 3.63) is 34.9 Å². The van der Waals surface area contributed by atoms with Gasteiger partial charge >= 0.3 is 0 Å². The Bertz CT molecular complexity index is 404. The molecule has 1 aromatic rings.